The van der Waals surface area contributed by atoms with E-state index in [0.717, 1.165) is 38.2 Å². The Hall–Kier alpha value is -1.29. The summed E-state index contributed by atoms with van der Waals surface area (Å²) in [6, 6.07) is 3.88. The van der Waals surface area contributed by atoms with Crippen molar-refractivity contribution in [3.63, 3.8) is 0 Å². The van der Waals surface area contributed by atoms with Crippen molar-refractivity contribution in [2.75, 3.05) is 19.6 Å². The van der Waals surface area contributed by atoms with Crippen LogP contribution in [0.15, 0.2) is 18.3 Å². The molecule has 0 atom stereocenters. The van der Waals surface area contributed by atoms with Crippen LogP contribution in [0.1, 0.15) is 42.6 Å². The molecule has 2 fully saturated rings. The molecule has 1 N–H and O–H groups in total. The van der Waals surface area contributed by atoms with Crippen molar-refractivity contribution < 1.29 is 4.79 Å². The zero-order chi connectivity index (χ0) is 13.3. The first kappa shape index (κ1) is 12.7. The van der Waals surface area contributed by atoms with Crippen LogP contribution >= 0.6 is 0 Å². The molecule has 1 saturated carbocycles. The average Bonchev–Trinajstić information content (AvgIpc) is 2.86. The summed E-state index contributed by atoms with van der Waals surface area (Å²) in [4.78, 5) is 15.0. The van der Waals surface area contributed by atoms with Crippen molar-refractivity contribution >= 4 is 5.91 Å². The Bertz CT molecular complexity index is 451. The van der Waals surface area contributed by atoms with Gasteiger partial charge in [-0.05, 0) is 25.0 Å². The highest BCUT2D eigenvalue weighted by atomic mass is 16.2. The van der Waals surface area contributed by atoms with E-state index in [-0.39, 0.29) is 11.4 Å². The molecule has 1 aliphatic carbocycles. The number of piperazine rings is 1. The second kappa shape index (κ2) is 5.00. The largest absolute Gasteiger partial charge is 0.347 e. The lowest BCUT2D eigenvalue weighted by atomic mass is 9.79. The van der Waals surface area contributed by atoms with E-state index in [0.29, 0.717) is 0 Å². The molecule has 4 heteroatoms. The first-order valence-corrected chi connectivity index (χ1v) is 7.37. The molecular weight excluding hydrogens is 238 g/mol. The number of nitrogens with one attached hydrogen (secondary N) is 1. The SMILES string of the molecule is Cn1cccc1C(=O)N1CCNCC12CCCCC2. The van der Waals surface area contributed by atoms with Gasteiger partial charge in [0.15, 0.2) is 0 Å². The molecule has 1 aromatic heterocycles. The number of aromatic nitrogens is 1. The van der Waals surface area contributed by atoms with Gasteiger partial charge in [0.1, 0.15) is 5.69 Å². The average molecular weight is 261 g/mol. The minimum absolute atomic E-state index is 0.0673. The molecule has 19 heavy (non-hydrogen) atoms. The number of carbonyl (C=O) groups excluding carboxylic acids is 1. The van der Waals surface area contributed by atoms with Crippen LogP contribution < -0.4 is 5.32 Å². The molecule has 0 aromatic carbocycles. The predicted molar refractivity (Wildman–Crippen MR) is 75.1 cm³/mol. The molecule has 0 bridgehead atoms. The summed E-state index contributed by atoms with van der Waals surface area (Å²) < 4.78 is 1.93. The predicted octanol–water partition coefficient (Wildman–Crippen LogP) is 1.77. The normalized spacial score (nSPS) is 22.7. The Morgan fingerprint density at radius 1 is 1.32 bits per heavy atom. The lowest BCUT2D eigenvalue weighted by Gasteiger charge is -2.49. The maximum absolute atomic E-state index is 12.8. The van der Waals surface area contributed by atoms with Gasteiger partial charge in [-0.15, -0.1) is 0 Å². The third-order valence-electron chi connectivity index (χ3n) is 4.73. The smallest absolute Gasteiger partial charge is 0.271 e. The first-order valence-electron chi connectivity index (χ1n) is 7.37. The highest BCUT2D eigenvalue weighted by molar-refractivity contribution is 5.93. The van der Waals surface area contributed by atoms with Crippen LogP contribution in [0.5, 0.6) is 0 Å². The van der Waals surface area contributed by atoms with Gasteiger partial charge in [0.05, 0.1) is 5.54 Å². The van der Waals surface area contributed by atoms with E-state index in [2.05, 4.69) is 10.2 Å². The molecule has 1 saturated heterocycles. The third kappa shape index (κ3) is 2.18. The lowest BCUT2D eigenvalue weighted by Crippen LogP contribution is -2.63. The van der Waals surface area contributed by atoms with Crippen LogP contribution in [0.4, 0.5) is 0 Å². The number of nitrogens with zero attached hydrogens (tertiary/aromatic N) is 2. The van der Waals surface area contributed by atoms with Crippen molar-refractivity contribution in [2.24, 2.45) is 7.05 Å². The van der Waals surface area contributed by atoms with E-state index in [1.165, 1.54) is 19.3 Å². The van der Waals surface area contributed by atoms with E-state index < -0.39 is 0 Å². The molecule has 1 amide bonds. The van der Waals surface area contributed by atoms with E-state index in [4.69, 9.17) is 0 Å². The fourth-order valence-electron chi connectivity index (χ4n) is 3.64. The minimum atomic E-state index is 0.0673. The third-order valence-corrected chi connectivity index (χ3v) is 4.73. The Morgan fingerprint density at radius 3 is 2.79 bits per heavy atom. The van der Waals surface area contributed by atoms with Crippen molar-refractivity contribution in [2.45, 2.75) is 37.6 Å². The highest BCUT2D eigenvalue weighted by Gasteiger charge is 2.42. The van der Waals surface area contributed by atoms with Gasteiger partial charge in [0.2, 0.25) is 0 Å². The molecule has 0 unspecified atom stereocenters. The molecule has 2 aliphatic rings. The molecule has 1 aliphatic heterocycles. The molecule has 104 valence electrons. The highest BCUT2D eigenvalue weighted by Crippen LogP contribution is 2.35. The number of aryl methyl sites for hydroxylation is 1. The molecule has 2 heterocycles. The van der Waals surface area contributed by atoms with Crippen LogP contribution in [-0.4, -0.2) is 40.5 Å². The Labute approximate surface area is 114 Å². The standard InChI is InChI=1S/C15H23N3O/c1-17-10-5-6-13(17)14(19)18-11-9-16-12-15(18)7-3-2-4-8-15/h5-6,10,16H,2-4,7-9,11-12H2,1H3. The van der Waals surface area contributed by atoms with Gasteiger partial charge in [0, 0.05) is 32.9 Å². The van der Waals surface area contributed by atoms with Gasteiger partial charge in [0.25, 0.3) is 5.91 Å². The molecule has 1 spiro atoms. The van der Waals surface area contributed by atoms with E-state index >= 15 is 0 Å². The molecule has 0 radical (unpaired) electrons. The Morgan fingerprint density at radius 2 is 2.11 bits per heavy atom. The van der Waals surface area contributed by atoms with E-state index in [1.807, 2.05) is 29.9 Å². The maximum Gasteiger partial charge on any atom is 0.271 e. The minimum Gasteiger partial charge on any atom is -0.347 e. The van der Waals surface area contributed by atoms with Gasteiger partial charge < -0.3 is 14.8 Å². The molecule has 1 aromatic rings. The van der Waals surface area contributed by atoms with Gasteiger partial charge in [-0.25, -0.2) is 0 Å². The van der Waals surface area contributed by atoms with Crippen LogP contribution in [0.3, 0.4) is 0 Å². The van der Waals surface area contributed by atoms with Gasteiger partial charge in [-0.3, -0.25) is 4.79 Å². The summed E-state index contributed by atoms with van der Waals surface area (Å²) in [5.74, 6) is 0.205. The molecule has 3 rings (SSSR count). The van der Waals surface area contributed by atoms with Crippen LogP contribution in [0.2, 0.25) is 0 Å². The number of amides is 1. The molecular formula is C15H23N3O. The van der Waals surface area contributed by atoms with Gasteiger partial charge in [-0.1, -0.05) is 19.3 Å². The second-order valence-electron chi connectivity index (χ2n) is 5.92. The monoisotopic (exact) mass is 261 g/mol. The van der Waals surface area contributed by atoms with Crippen molar-refractivity contribution in [3.8, 4) is 0 Å². The maximum atomic E-state index is 12.8. The van der Waals surface area contributed by atoms with Gasteiger partial charge in [-0.2, -0.15) is 0 Å². The fourth-order valence-corrected chi connectivity index (χ4v) is 3.64. The van der Waals surface area contributed by atoms with Gasteiger partial charge >= 0.3 is 0 Å². The lowest BCUT2D eigenvalue weighted by molar-refractivity contribution is 0.0214. The Balaban J connectivity index is 1.88. The summed E-state index contributed by atoms with van der Waals surface area (Å²) in [5.41, 5.74) is 0.879. The number of carbonyl (C=O) groups is 1. The Kier molecular flexibility index (Phi) is 3.35. The van der Waals surface area contributed by atoms with Crippen molar-refractivity contribution in [3.05, 3.63) is 24.0 Å². The van der Waals surface area contributed by atoms with E-state index in [1.54, 1.807) is 0 Å². The summed E-state index contributed by atoms with van der Waals surface area (Å²) in [6.07, 6.45) is 8.06. The summed E-state index contributed by atoms with van der Waals surface area (Å²) in [5, 5.41) is 3.49. The first-order chi connectivity index (χ1) is 9.23. The van der Waals surface area contributed by atoms with Crippen molar-refractivity contribution in [1.82, 2.24) is 14.8 Å². The van der Waals surface area contributed by atoms with Crippen LogP contribution in [-0.2, 0) is 7.05 Å². The topological polar surface area (TPSA) is 37.3 Å². The quantitative estimate of drug-likeness (QED) is 0.836. The summed E-state index contributed by atoms with van der Waals surface area (Å²) in [7, 11) is 1.95. The van der Waals surface area contributed by atoms with Crippen LogP contribution in [0, 0.1) is 0 Å². The zero-order valence-electron chi connectivity index (χ0n) is 11.7. The number of hydrogen-bond donors (Lipinski definition) is 1. The summed E-state index contributed by atoms with van der Waals surface area (Å²) >= 11 is 0. The van der Waals surface area contributed by atoms with Crippen molar-refractivity contribution in [1.29, 1.82) is 0 Å². The van der Waals surface area contributed by atoms with Crippen LogP contribution in [0.25, 0.3) is 0 Å². The molecule has 4 nitrogen and oxygen atoms in total. The number of rotatable bonds is 1. The fraction of sp³-hybridized carbons (Fsp3) is 0.667. The second-order valence-corrected chi connectivity index (χ2v) is 5.92. The van der Waals surface area contributed by atoms with E-state index in [9.17, 15) is 4.79 Å². The zero-order valence-corrected chi connectivity index (χ0v) is 11.7. The number of hydrogen-bond acceptors (Lipinski definition) is 2. The summed E-state index contributed by atoms with van der Waals surface area (Å²) in [6.45, 7) is 2.71.